The number of hydrogen-bond acceptors (Lipinski definition) is 14. The molecule has 0 saturated carbocycles. The van der Waals surface area contributed by atoms with Crippen LogP contribution >= 0.6 is 34.7 Å². The summed E-state index contributed by atoms with van der Waals surface area (Å²) in [6.07, 6.45) is 1.78. The van der Waals surface area contributed by atoms with E-state index in [4.69, 9.17) is 40.5 Å². The van der Waals surface area contributed by atoms with Crippen molar-refractivity contribution in [3.63, 3.8) is 0 Å². The van der Waals surface area contributed by atoms with Crippen molar-refractivity contribution in [2.75, 3.05) is 43.5 Å². The van der Waals surface area contributed by atoms with E-state index in [1.807, 2.05) is 29.6 Å². The molecule has 328 valence electrons. The lowest BCUT2D eigenvalue weighted by molar-refractivity contribution is -0.147. The minimum atomic E-state index is -1.04. The number of nitrogens with one attached hydrogen (secondary N) is 2. The number of aromatic nitrogens is 2. The highest BCUT2D eigenvalue weighted by molar-refractivity contribution is 7.99. The number of halogens is 1. The number of aryl methyl sites for hydroxylation is 1. The second-order valence-corrected chi connectivity index (χ2v) is 18.7. The number of pyridine rings is 1. The van der Waals surface area contributed by atoms with Crippen LogP contribution in [0.25, 0.3) is 21.7 Å². The summed E-state index contributed by atoms with van der Waals surface area (Å²) < 4.78 is 22.0. The van der Waals surface area contributed by atoms with Crippen molar-refractivity contribution in [1.29, 1.82) is 10.5 Å². The zero-order valence-electron chi connectivity index (χ0n) is 35.8. The normalized spacial score (nSPS) is 13.1. The fourth-order valence-corrected chi connectivity index (χ4v) is 8.28. The van der Waals surface area contributed by atoms with E-state index in [9.17, 15) is 24.9 Å². The molecule has 14 nitrogen and oxygen atoms in total. The van der Waals surface area contributed by atoms with Crippen molar-refractivity contribution in [3.05, 3.63) is 75.8 Å². The molecular formula is C45H52ClN7O7S2. The molecule has 17 heteroatoms. The SMILES string of the molecule is CC(C)(C)OC(=O)NCCC[C@H](NC(=O)OC(C)(C)C)C(=O)OCCOc1ccc(-c2c(C#N)c(SCCc3csc(-c4ccc(Cl)cc4)n3)nc(N3CCCC3)c2C#N)cc1. The fourth-order valence-electron chi connectivity index (χ4n) is 6.34. The number of esters is 1. The van der Waals surface area contributed by atoms with Crippen LogP contribution in [0.1, 0.15) is 84.0 Å². The highest BCUT2D eigenvalue weighted by Crippen LogP contribution is 2.39. The molecule has 2 aromatic heterocycles. The monoisotopic (exact) mass is 901 g/mol. The maximum Gasteiger partial charge on any atom is 0.408 e. The van der Waals surface area contributed by atoms with E-state index >= 15 is 0 Å². The third-order valence-corrected chi connectivity index (χ3v) is 11.2. The molecule has 2 amide bonds. The third kappa shape index (κ3) is 14.3. The van der Waals surface area contributed by atoms with Gasteiger partial charge in [0.05, 0.1) is 11.3 Å². The first-order valence-electron chi connectivity index (χ1n) is 20.4. The van der Waals surface area contributed by atoms with Crippen molar-refractivity contribution in [2.24, 2.45) is 0 Å². The number of hydrogen-bond donors (Lipinski definition) is 2. The summed E-state index contributed by atoms with van der Waals surface area (Å²) in [4.78, 5) is 49.6. The number of carbonyl (C=O) groups is 3. The van der Waals surface area contributed by atoms with E-state index in [1.54, 1.807) is 77.1 Å². The molecule has 1 aliphatic rings. The van der Waals surface area contributed by atoms with Crippen LogP contribution in [-0.4, -0.2) is 84.0 Å². The van der Waals surface area contributed by atoms with Crippen molar-refractivity contribution in [1.82, 2.24) is 20.6 Å². The number of rotatable bonds is 17. The molecule has 62 heavy (non-hydrogen) atoms. The molecule has 0 aliphatic carbocycles. The minimum absolute atomic E-state index is 0.00661. The number of amides is 2. The zero-order valence-corrected chi connectivity index (χ0v) is 38.2. The number of benzene rings is 2. The van der Waals surface area contributed by atoms with Gasteiger partial charge in [0.25, 0.3) is 0 Å². The van der Waals surface area contributed by atoms with Gasteiger partial charge in [-0.3, -0.25) is 0 Å². The van der Waals surface area contributed by atoms with E-state index in [0.717, 1.165) is 42.2 Å². The van der Waals surface area contributed by atoms with Gasteiger partial charge in [-0.05, 0) is 103 Å². The Kier molecular flexibility index (Phi) is 16.9. The van der Waals surface area contributed by atoms with Gasteiger partial charge < -0.3 is 34.5 Å². The molecule has 0 unspecified atom stereocenters. The van der Waals surface area contributed by atoms with E-state index < -0.39 is 35.4 Å². The number of alkyl carbamates (subject to hydrolysis) is 2. The van der Waals surface area contributed by atoms with Gasteiger partial charge in [0.2, 0.25) is 0 Å². The third-order valence-electron chi connectivity index (χ3n) is 9.07. The maximum atomic E-state index is 13.1. The molecule has 0 spiro atoms. The maximum absolute atomic E-state index is 13.1. The lowest BCUT2D eigenvalue weighted by Gasteiger charge is -2.23. The van der Waals surface area contributed by atoms with Gasteiger partial charge in [-0.15, -0.1) is 23.1 Å². The first kappa shape index (κ1) is 47.5. The average Bonchev–Trinajstić information content (AvgIpc) is 3.93. The number of anilines is 1. The number of carbonyl (C=O) groups excluding carboxylic acids is 3. The number of thioether (sulfide) groups is 1. The summed E-state index contributed by atoms with van der Waals surface area (Å²) in [5.74, 6) is 0.982. The van der Waals surface area contributed by atoms with E-state index in [2.05, 4.69) is 27.7 Å². The highest BCUT2D eigenvalue weighted by Gasteiger charge is 2.28. The lowest BCUT2D eigenvalue weighted by Crippen LogP contribution is -2.45. The Bertz CT molecular complexity index is 2250. The molecule has 2 N–H and O–H groups in total. The van der Waals surface area contributed by atoms with Gasteiger partial charge in [-0.25, -0.2) is 24.4 Å². The Labute approximate surface area is 376 Å². The number of thiazole rings is 1. The summed E-state index contributed by atoms with van der Waals surface area (Å²) in [6, 6.07) is 18.3. The summed E-state index contributed by atoms with van der Waals surface area (Å²) >= 11 is 9.10. The van der Waals surface area contributed by atoms with Gasteiger partial charge in [0.15, 0.2) is 0 Å². The smallest absolute Gasteiger partial charge is 0.408 e. The molecule has 0 bridgehead atoms. The molecule has 1 fully saturated rings. The molecule has 3 heterocycles. The number of nitriles is 2. The quantitative estimate of drug-likeness (QED) is 0.0442. The Balaban J connectivity index is 1.23. The first-order valence-corrected chi connectivity index (χ1v) is 22.6. The van der Waals surface area contributed by atoms with Gasteiger partial charge in [-0.2, -0.15) is 10.5 Å². The molecule has 2 aromatic carbocycles. The average molecular weight is 903 g/mol. The standard InChI is InChI=1S/C45H52ClN7O7S2/c1-44(2,3)59-42(55)49-20-9-10-36(51-43(56)60-45(4,5)6)41(54)58-24-23-57-33-17-13-29(14-18-33)37-34(26-47)38(53-21-7-8-22-53)52-40(35(37)27-48)61-25-19-32-28-62-39(50-32)30-11-15-31(46)16-12-30/h11-18,28,36H,7-10,19-25H2,1-6H3,(H,49,55)(H,51,56)/t36-/m0/s1. The van der Waals surface area contributed by atoms with Gasteiger partial charge >= 0.3 is 18.2 Å². The van der Waals surface area contributed by atoms with E-state index in [-0.39, 0.29) is 26.2 Å². The van der Waals surface area contributed by atoms with Crippen molar-refractivity contribution >= 4 is 58.7 Å². The molecule has 1 saturated heterocycles. The molecule has 1 aliphatic heterocycles. The summed E-state index contributed by atoms with van der Waals surface area (Å²) in [5.41, 5.74) is 2.33. The van der Waals surface area contributed by atoms with Crippen LogP contribution < -0.4 is 20.3 Å². The van der Waals surface area contributed by atoms with Gasteiger partial charge in [-0.1, -0.05) is 35.9 Å². The summed E-state index contributed by atoms with van der Waals surface area (Å²) in [5, 5.41) is 30.4. The molecule has 0 radical (unpaired) electrons. The predicted octanol–water partition coefficient (Wildman–Crippen LogP) is 9.32. The van der Waals surface area contributed by atoms with E-state index in [0.29, 0.717) is 62.5 Å². The van der Waals surface area contributed by atoms with E-state index in [1.165, 1.54) is 11.8 Å². The van der Waals surface area contributed by atoms with Crippen LogP contribution in [0, 0.1) is 22.7 Å². The van der Waals surface area contributed by atoms with Crippen LogP contribution in [-0.2, 0) is 25.4 Å². The van der Waals surface area contributed by atoms with Crippen LogP contribution in [0.3, 0.4) is 0 Å². The molecule has 1 atom stereocenters. The molecule has 5 rings (SSSR count). The van der Waals surface area contributed by atoms with Crippen molar-refractivity contribution in [3.8, 4) is 39.6 Å². The number of nitrogens with zero attached hydrogens (tertiary/aromatic N) is 5. The summed E-state index contributed by atoms with van der Waals surface area (Å²) in [7, 11) is 0. The van der Waals surface area contributed by atoms with Gasteiger partial charge in [0.1, 0.15) is 69.8 Å². The van der Waals surface area contributed by atoms with Crippen LogP contribution in [0.2, 0.25) is 5.02 Å². The van der Waals surface area contributed by atoms with Crippen molar-refractivity contribution in [2.45, 2.75) is 95.9 Å². The Morgan fingerprint density at radius 3 is 2.18 bits per heavy atom. The molecular weight excluding hydrogens is 850 g/mol. The second kappa shape index (κ2) is 22.0. The Hall–Kier alpha value is -5.55. The van der Waals surface area contributed by atoms with Crippen LogP contribution in [0.4, 0.5) is 15.4 Å². The van der Waals surface area contributed by atoms with Crippen molar-refractivity contribution < 1.29 is 33.3 Å². The molecule has 4 aromatic rings. The Morgan fingerprint density at radius 2 is 1.53 bits per heavy atom. The van der Waals surface area contributed by atoms with Crippen LogP contribution in [0.15, 0.2) is 58.9 Å². The topological polar surface area (TPSA) is 189 Å². The summed E-state index contributed by atoms with van der Waals surface area (Å²) in [6.45, 7) is 12.0. The lowest BCUT2D eigenvalue weighted by atomic mass is 9.96. The largest absolute Gasteiger partial charge is 0.490 e. The highest BCUT2D eigenvalue weighted by atomic mass is 35.5. The minimum Gasteiger partial charge on any atom is -0.490 e. The van der Waals surface area contributed by atoms with Crippen LogP contribution in [0.5, 0.6) is 5.75 Å². The fraction of sp³-hybridized carbons (Fsp3) is 0.444. The first-order chi connectivity index (χ1) is 29.5. The predicted molar refractivity (Wildman–Crippen MR) is 241 cm³/mol. The number of ether oxygens (including phenoxy) is 4. The zero-order chi connectivity index (χ0) is 44.9. The van der Waals surface area contributed by atoms with Gasteiger partial charge in [0, 0.05) is 46.9 Å². The Morgan fingerprint density at radius 1 is 0.887 bits per heavy atom. The second-order valence-electron chi connectivity index (χ2n) is 16.3.